The molecule has 5 nitrogen and oxygen atoms in total. The Hall–Kier alpha value is -1.36. The van der Waals surface area contributed by atoms with Crippen molar-refractivity contribution in [2.75, 3.05) is 13.1 Å². The second-order valence-electron chi connectivity index (χ2n) is 4.41. The van der Waals surface area contributed by atoms with Gasteiger partial charge in [-0.15, -0.1) is 0 Å². The number of carbonyl (C=O) groups is 1. The molecule has 2 atom stereocenters. The van der Waals surface area contributed by atoms with Gasteiger partial charge < -0.3 is 14.5 Å². The summed E-state index contributed by atoms with van der Waals surface area (Å²) in [6.45, 7) is 4.79. The van der Waals surface area contributed by atoms with E-state index in [9.17, 15) is 9.90 Å². The molecule has 0 radical (unpaired) electrons. The van der Waals surface area contributed by atoms with Crippen LogP contribution < -0.4 is 0 Å². The predicted octanol–water partition coefficient (Wildman–Crippen LogP) is 0.826. The van der Waals surface area contributed by atoms with Crippen molar-refractivity contribution in [1.29, 1.82) is 0 Å². The van der Waals surface area contributed by atoms with Gasteiger partial charge in [0, 0.05) is 19.2 Å². The number of rotatable bonds is 1. The van der Waals surface area contributed by atoms with Gasteiger partial charge >= 0.3 is 0 Å². The van der Waals surface area contributed by atoms with Crippen molar-refractivity contribution >= 4 is 5.91 Å². The smallest absolute Gasteiger partial charge is 0.276 e. The zero-order valence-electron chi connectivity index (χ0n) is 9.51. The third-order valence-electron chi connectivity index (χ3n) is 3.05. The van der Waals surface area contributed by atoms with Gasteiger partial charge in [0.15, 0.2) is 5.69 Å². The van der Waals surface area contributed by atoms with Crippen LogP contribution in [0.3, 0.4) is 0 Å². The minimum Gasteiger partial charge on any atom is -0.391 e. The van der Waals surface area contributed by atoms with Crippen LogP contribution in [0.5, 0.6) is 0 Å². The number of likely N-dealkylation sites (tertiary alicyclic amines) is 1. The number of aromatic nitrogens is 1. The van der Waals surface area contributed by atoms with Crippen molar-refractivity contribution in [3.05, 3.63) is 17.5 Å². The van der Waals surface area contributed by atoms with E-state index in [0.29, 0.717) is 24.5 Å². The second-order valence-corrected chi connectivity index (χ2v) is 4.41. The average molecular weight is 224 g/mol. The van der Waals surface area contributed by atoms with Crippen LogP contribution in [0.25, 0.3) is 0 Å². The fraction of sp³-hybridized carbons (Fsp3) is 0.636. The van der Waals surface area contributed by atoms with Gasteiger partial charge in [0.25, 0.3) is 5.91 Å². The molecule has 1 aromatic heterocycles. The van der Waals surface area contributed by atoms with Crippen molar-refractivity contribution in [2.24, 2.45) is 5.92 Å². The molecular weight excluding hydrogens is 208 g/mol. The van der Waals surface area contributed by atoms with Crippen LogP contribution in [-0.2, 0) is 0 Å². The van der Waals surface area contributed by atoms with E-state index in [0.717, 1.165) is 6.42 Å². The third kappa shape index (κ3) is 2.09. The molecule has 88 valence electrons. The van der Waals surface area contributed by atoms with Crippen molar-refractivity contribution in [2.45, 2.75) is 26.4 Å². The van der Waals surface area contributed by atoms with Crippen LogP contribution in [-0.4, -0.2) is 40.3 Å². The summed E-state index contributed by atoms with van der Waals surface area (Å²) in [6.07, 6.45) is 0.384. The maximum Gasteiger partial charge on any atom is 0.276 e. The van der Waals surface area contributed by atoms with Crippen molar-refractivity contribution in [3.63, 3.8) is 0 Å². The molecule has 1 aliphatic rings. The molecule has 1 saturated heterocycles. The Balaban J connectivity index is 2.06. The number of carbonyl (C=O) groups excluding carboxylic acids is 1. The SMILES string of the molecule is Cc1cc(C(=O)N2CCC(C)C(O)C2)no1. The van der Waals surface area contributed by atoms with Gasteiger partial charge in [0.05, 0.1) is 6.10 Å². The van der Waals surface area contributed by atoms with E-state index >= 15 is 0 Å². The molecule has 1 fully saturated rings. The number of piperidine rings is 1. The van der Waals surface area contributed by atoms with Crippen LogP contribution in [0.4, 0.5) is 0 Å². The Morgan fingerprint density at radius 1 is 1.69 bits per heavy atom. The molecule has 5 heteroatoms. The first-order valence-electron chi connectivity index (χ1n) is 5.48. The molecule has 2 unspecified atom stereocenters. The van der Waals surface area contributed by atoms with Crippen molar-refractivity contribution < 1.29 is 14.4 Å². The van der Waals surface area contributed by atoms with E-state index < -0.39 is 6.10 Å². The lowest BCUT2D eigenvalue weighted by Crippen LogP contribution is -2.45. The normalized spacial score (nSPS) is 25.8. The standard InChI is InChI=1S/C11H16N2O3/c1-7-3-4-13(6-10(7)14)11(15)9-5-8(2)16-12-9/h5,7,10,14H,3-4,6H2,1-2H3. The summed E-state index contributed by atoms with van der Waals surface area (Å²) < 4.78 is 4.86. The molecule has 0 saturated carbocycles. The van der Waals surface area contributed by atoms with E-state index in [1.165, 1.54) is 0 Å². The topological polar surface area (TPSA) is 66.6 Å². The fourth-order valence-corrected chi connectivity index (χ4v) is 1.86. The first-order valence-corrected chi connectivity index (χ1v) is 5.48. The number of β-amino-alcohol motifs (C(OH)–C–C–N with tert-alkyl or cyclic N) is 1. The van der Waals surface area contributed by atoms with Crippen molar-refractivity contribution in [3.8, 4) is 0 Å². The van der Waals surface area contributed by atoms with E-state index in [1.807, 2.05) is 6.92 Å². The first-order chi connectivity index (χ1) is 7.58. The highest BCUT2D eigenvalue weighted by atomic mass is 16.5. The van der Waals surface area contributed by atoms with Gasteiger partial charge in [-0.05, 0) is 19.3 Å². The molecule has 1 aliphatic heterocycles. The molecule has 0 bridgehead atoms. The summed E-state index contributed by atoms with van der Waals surface area (Å²) in [5.74, 6) is 0.708. The van der Waals surface area contributed by atoms with Crippen LogP contribution in [0.15, 0.2) is 10.6 Å². The van der Waals surface area contributed by atoms with Gasteiger partial charge in [-0.3, -0.25) is 4.79 Å². The molecular formula is C11H16N2O3. The zero-order chi connectivity index (χ0) is 11.7. The molecule has 1 N–H and O–H groups in total. The summed E-state index contributed by atoms with van der Waals surface area (Å²) in [4.78, 5) is 13.6. The quantitative estimate of drug-likeness (QED) is 0.767. The average Bonchev–Trinajstić information content (AvgIpc) is 2.68. The van der Waals surface area contributed by atoms with Gasteiger partial charge in [-0.25, -0.2) is 0 Å². The van der Waals surface area contributed by atoms with Crippen LogP contribution in [0, 0.1) is 12.8 Å². The number of aliphatic hydroxyl groups is 1. The predicted molar refractivity (Wildman–Crippen MR) is 56.9 cm³/mol. The van der Waals surface area contributed by atoms with Crippen LogP contribution >= 0.6 is 0 Å². The van der Waals surface area contributed by atoms with Gasteiger partial charge in [-0.2, -0.15) is 0 Å². The third-order valence-corrected chi connectivity index (χ3v) is 3.05. The van der Waals surface area contributed by atoms with E-state index in [1.54, 1.807) is 17.9 Å². The van der Waals surface area contributed by atoms with E-state index in [2.05, 4.69) is 5.16 Å². The minimum atomic E-state index is -0.439. The molecule has 1 amide bonds. The maximum absolute atomic E-state index is 12.0. The molecule has 0 aliphatic carbocycles. The highest BCUT2D eigenvalue weighted by Crippen LogP contribution is 2.18. The molecule has 1 aromatic rings. The lowest BCUT2D eigenvalue weighted by Gasteiger charge is -2.33. The first kappa shape index (κ1) is 11.1. The largest absolute Gasteiger partial charge is 0.391 e. The van der Waals surface area contributed by atoms with Gasteiger partial charge in [0.1, 0.15) is 5.76 Å². The monoisotopic (exact) mass is 224 g/mol. The fourth-order valence-electron chi connectivity index (χ4n) is 1.86. The Morgan fingerprint density at radius 2 is 2.44 bits per heavy atom. The number of hydrogen-bond acceptors (Lipinski definition) is 4. The molecule has 2 rings (SSSR count). The van der Waals surface area contributed by atoms with E-state index in [4.69, 9.17) is 4.52 Å². The molecule has 0 aromatic carbocycles. The number of nitrogens with zero attached hydrogens (tertiary/aromatic N) is 2. The maximum atomic E-state index is 12.0. The highest BCUT2D eigenvalue weighted by molar-refractivity contribution is 5.92. The lowest BCUT2D eigenvalue weighted by atomic mass is 9.96. The minimum absolute atomic E-state index is 0.164. The summed E-state index contributed by atoms with van der Waals surface area (Å²) in [6, 6.07) is 1.62. The number of aliphatic hydroxyl groups excluding tert-OH is 1. The Kier molecular flexibility index (Phi) is 2.96. The number of aryl methyl sites for hydroxylation is 1. The number of hydrogen-bond donors (Lipinski definition) is 1. The Labute approximate surface area is 94.0 Å². The summed E-state index contributed by atoms with van der Waals surface area (Å²) in [5, 5.41) is 13.4. The Morgan fingerprint density at radius 3 is 3.00 bits per heavy atom. The van der Waals surface area contributed by atoms with Crippen LogP contribution in [0.2, 0.25) is 0 Å². The molecule has 16 heavy (non-hydrogen) atoms. The van der Waals surface area contributed by atoms with Gasteiger partial charge in [-0.1, -0.05) is 12.1 Å². The zero-order valence-corrected chi connectivity index (χ0v) is 9.51. The van der Waals surface area contributed by atoms with Crippen molar-refractivity contribution in [1.82, 2.24) is 10.1 Å². The Bertz CT molecular complexity index is 388. The number of amides is 1. The second kappa shape index (κ2) is 4.25. The summed E-state index contributed by atoms with van der Waals surface area (Å²) in [7, 11) is 0. The van der Waals surface area contributed by atoms with E-state index in [-0.39, 0.29) is 11.8 Å². The van der Waals surface area contributed by atoms with Gasteiger partial charge in [0.2, 0.25) is 0 Å². The molecule has 2 heterocycles. The lowest BCUT2D eigenvalue weighted by molar-refractivity contribution is 0.0243. The molecule has 0 spiro atoms. The van der Waals surface area contributed by atoms with Crippen LogP contribution in [0.1, 0.15) is 29.6 Å². The highest BCUT2D eigenvalue weighted by Gasteiger charge is 2.29. The summed E-state index contributed by atoms with van der Waals surface area (Å²) >= 11 is 0. The summed E-state index contributed by atoms with van der Waals surface area (Å²) in [5.41, 5.74) is 0.319.